The van der Waals surface area contributed by atoms with Crippen LogP contribution in [0.25, 0.3) is 32.8 Å². The van der Waals surface area contributed by atoms with Crippen LogP contribution in [-0.4, -0.2) is 23.0 Å². The number of aryl methyl sites for hydroxylation is 2. The molecule has 7 aromatic rings. The second-order valence-corrected chi connectivity index (χ2v) is 11.2. The maximum atomic E-state index is 5.93. The number of aromatic nitrogens is 4. The lowest BCUT2D eigenvalue weighted by Crippen LogP contribution is -2.01. The first kappa shape index (κ1) is 29.9. The van der Waals surface area contributed by atoms with Gasteiger partial charge < -0.3 is 29.7 Å². The first-order valence-corrected chi connectivity index (χ1v) is 14.9. The zero-order chi connectivity index (χ0) is 30.3. The predicted octanol–water partition coefficient (Wildman–Crippen LogP) is 8.63. The van der Waals surface area contributed by atoms with Crippen molar-refractivity contribution in [1.82, 2.24) is 18.7 Å². The first-order chi connectivity index (χ1) is 20.9. The normalized spacial score (nSPS) is 10.6. The van der Waals surface area contributed by atoms with Crippen molar-refractivity contribution in [1.29, 1.82) is 0 Å². The van der Waals surface area contributed by atoms with Crippen molar-refractivity contribution in [3.63, 3.8) is 0 Å². The van der Waals surface area contributed by atoms with Crippen LogP contribution < -0.4 is 11.1 Å². The highest BCUT2D eigenvalue weighted by Crippen LogP contribution is 2.24. The Morgan fingerprint density at radius 2 is 1.23 bits per heavy atom. The van der Waals surface area contributed by atoms with Crippen molar-refractivity contribution in [2.75, 3.05) is 11.1 Å². The lowest BCUT2D eigenvalue weighted by atomic mass is 10.1. The number of nitrogens with one attached hydrogen (secondary N) is 2. The number of H-pyrrole nitrogens is 1. The van der Waals surface area contributed by atoms with Crippen molar-refractivity contribution in [3.05, 3.63) is 125 Å². The number of rotatable bonds is 5. The molecule has 0 amide bonds. The Kier molecular flexibility index (Phi) is 9.49. The predicted molar refractivity (Wildman–Crippen MR) is 190 cm³/mol. The molecular weight excluding hydrogens is 589 g/mol. The van der Waals surface area contributed by atoms with Crippen LogP contribution in [0.3, 0.4) is 0 Å². The zero-order valence-electron chi connectivity index (χ0n) is 24.0. The van der Waals surface area contributed by atoms with Gasteiger partial charge in [0.15, 0.2) is 4.77 Å². The Balaban J connectivity index is 0.000000158. The summed E-state index contributed by atoms with van der Waals surface area (Å²) >= 11 is 13.4. The number of aromatic amines is 1. The molecule has 0 aliphatic carbocycles. The molecule has 3 heterocycles. The van der Waals surface area contributed by atoms with E-state index in [1.54, 1.807) is 0 Å². The summed E-state index contributed by atoms with van der Waals surface area (Å²) in [5, 5.41) is 5.97. The van der Waals surface area contributed by atoms with Crippen molar-refractivity contribution in [2.24, 2.45) is 14.1 Å². The van der Waals surface area contributed by atoms with Crippen LogP contribution in [-0.2, 0) is 27.2 Å². The van der Waals surface area contributed by atoms with Gasteiger partial charge in [-0.2, -0.15) is 0 Å². The Labute approximate surface area is 266 Å². The average Bonchev–Trinajstić information content (AvgIpc) is 3.64. The fourth-order valence-corrected chi connectivity index (χ4v) is 5.67. The van der Waals surface area contributed by atoms with Crippen molar-refractivity contribution in [2.45, 2.75) is 13.1 Å². The van der Waals surface area contributed by atoms with E-state index < -0.39 is 0 Å². The number of nitrogens with two attached hydrogens (primary N) is 1. The second kappa shape index (κ2) is 13.6. The second-order valence-electron chi connectivity index (χ2n) is 10.1. The number of imidazole rings is 1. The van der Waals surface area contributed by atoms with Gasteiger partial charge in [0.2, 0.25) is 0 Å². The molecule has 4 N–H and O–H groups in total. The number of nitrogens with zero attached hydrogens (tertiary/aromatic N) is 3. The van der Waals surface area contributed by atoms with Gasteiger partial charge in [0.1, 0.15) is 0 Å². The Hall–Kier alpha value is -4.53. The van der Waals surface area contributed by atoms with Gasteiger partial charge in [-0.05, 0) is 84.2 Å². The highest BCUT2D eigenvalue weighted by atomic mass is 32.1. The van der Waals surface area contributed by atoms with Gasteiger partial charge in [-0.3, -0.25) is 0 Å². The van der Waals surface area contributed by atoms with Crippen LogP contribution in [0.2, 0.25) is 0 Å². The summed E-state index contributed by atoms with van der Waals surface area (Å²) in [4.78, 5) is 3.27. The van der Waals surface area contributed by atoms with Gasteiger partial charge in [-0.25, -0.2) is 0 Å². The minimum atomic E-state index is 0.768. The molecule has 216 valence electrons. The number of benzene rings is 4. The van der Waals surface area contributed by atoms with Gasteiger partial charge in [-0.15, -0.1) is 0 Å². The summed E-state index contributed by atoms with van der Waals surface area (Å²) in [6.45, 7) is 1.56. The topological polar surface area (TPSA) is 68.6 Å². The minimum absolute atomic E-state index is 0.768. The van der Waals surface area contributed by atoms with Gasteiger partial charge in [0.25, 0.3) is 0 Å². The smallest absolute Gasteiger partial charge is 0.178 e. The molecule has 0 saturated heterocycles. The standard InChI is InChI=1S/C17H15N3S.C16H17N3.CS2/c1-19-10-12(13-6-2-4-8-15(13)19)11-20-16-9-5-3-7-14(16)18-17(20)21;1-19-11-12(13-6-2-5-9-16(13)19)10-18-15-8-4-3-7-14(15)17;2-1-3/h2-10H,11H2,1H3,(H,18,21);2-9,11,18H,10,17H2,1H3;. The maximum Gasteiger partial charge on any atom is 0.178 e. The third-order valence-electron chi connectivity index (χ3n) is 7.40. The maximum absolute atomic E-state index is 5.93. The number of anilines is 2. The van der Waals surface area contributed by atoms with Gasteiger partial charge in [0.05, 0.1) is 29.0 Å². The zero-order valence-corrected chi connectivity index (χ0v) is 26.4. The molecule has 0 aliphatic rings. The Morgan fingerprint density at radius 1 is 0.721 bits per heavy atom. The molecule has 0 bridgehead atoms. The molecule has 7 rings (SSSR count). The number of para-hydroxylation sites is 6. The van der Waals surface area contributed by atoms with E-state index in [9.17, 15) is 0 Å². The van der Waals surface area contributed by atoms with E-state index in [4.69, 9.17) is 18.0 Å². The van der Waals surface area contributed by atoms with E-state index >= 15 is 0 Å². The summed E-state index contributed by atoms with van der Waals surface area (Å²) in [6, 6.07) is 33.0. The first-order valence-electron chi connectivity index (χ1n) is 13.7. The summed E-state index contributed by atoms with van der Waals surface area (Å²) in [5.74, 6) is 0. The number of nitrogen functional groups attached to an aromatic ring is 1. The minimum Gasteiger partial charge on any atom is -0.397 e. The number of hydrogen-bond acceptors (Lipinski definition) is 5. The van der Waals surface area contributed by atoms with Crippen LogP contribution >= 0.6 is 36.7 Å². The van der Waals surface area contributed by atoms with E-state index in [0.717, 1.165) is 40.3 Å². The fraction of sp³-hybridized carbons (Fsp3) is 0.118. The van der Waals surface area contributed by atoms with Crippen molar-refractivity contribution < 1.29 is 0 Å². The van der Waals surface area contributed by atoms with Crippen LogP contribution in [0.1, 0.15) is 11.1 Å². The van der Waals surface area contributed by atoms with Gasteiger partial charge >= 0.3 is 0 Å². The lowest BCUT2D eigenvalue weighted by molar-refractivity contribution is 0.809. The molecule has 6 nitrogen and oxygen atoms in total. The molecule has 0 unspecified atom stereocenters. The lowest BCUT2D eigenvalue weighted by Gasteiger charge is -2.08. The van der Waals surface area contributed by atoms with E-state index in [1.165, 1.54) is 32.9 Å². The van der Waals surface area contributed by atoms with Crippen molar-refractivity contribution in [3.8, 4) is 0 Å². The Bertz CT molecular complexity index is 2110. The molecule has 0 spiro atoms. The summed E-state index contributed by atoms with van der Waals surface area (Å²) in [6.07, 6.45) is 4.35. The highest BCUT2D eigenvalue weighted by molar-refractivity contribution is 7.93. The van der Waals surface area contributed by atoms with E-state index in [1.807, 2.05) is 40.7 Å². The van der Waals surface area contributed by atoms with Crippen LogP contribution in [0.4, 0.5) is 11.4 Å². The van der Waals surface area contributed by atoms with E-state index in [2.05, 4.69) is 136 Å². The van der Waals surface area contributed by atoms with Crippen LogP contribution in [0.15, 0.2) is 109 Å². The molecule has 0 atom stereocenters. The monoisotopic (exact) mass is 620 g/mol. The Morgan fingerprint density at radius 3 is 1.88 bits per heavy atom. The summed E-state index contributed by atoms with van der Waals surface area (Å²) in [5.41, 5.74) is 15.0. The summed E-state index contributed by atoms with van der Waals surface area (Å²) < 4.78 is 9.17. The number of thiocarbonyl (C=S) groups is 2. The van der Waals surface area contributed by atoms with Gasteiger partial charge in [0, 0.05) is 59.2 Å². The number of hydrogen-bond donors (Lipinski definition) is 3. The summed E-state index contributed by atoms with van der Waals surface area (Å²) in [7, 11) is 4.16. The molecule has 9 heteroatoms. The van der Waals surface area contributed by atoms with E-state index in [-0.39, 0.29) is 0 Å². The van der Waals surface area contributed by atoms with E-state index in [0.29, 0.717) is 0 Å². The third kappa shape index (κ3) is 6.61. The molecule has 3 aromatic heterocycles. The largest absolute Gasteiger partial charge is 0.397 e. The number of fused-ring (bicyclic) bond motifs is 3. The third-order valence-corrected chi connectivity index (χ3v) is 7.72. The molecule has 43 heavy (non-hydrogen) atoms. The van der Waals surface area contributed by atoms with Crippen LogP contribution in [0.5, 0.6) is 0 Å². The SMILES string of the molecule is Cn1cc(CNc2ccccc2N)c2ccccc21.Cn1cc(Cn2c(=S)[nH]c3ccccc32)c2ccccc21.S=C=S. The molecule has 0 aliphatic heterocycles. The molecule has 0 fully saturated rings. The molecular formula is C34H32N6S3. The molecule has 4 aromatic carbocycles. The molecule has 0 radical (unpaired) electrons. The van der Waals surface area contributed by atoms with Crippen molar-refractivity contribution >= 4 is 85.2 Å². The fourth-order valence-electron chi connectivity index (χ4n) is 5.40. The van der Waals surface area contributed by atoms with Crippen LogP contribution in [0, 0.1) is 4.77 Å². The molecule has 0 saturated carbocycles. The quantitative estimate of drug-likeness (QED) is 0.133. The average molecular weight is 621 g/mol. The highest BCUT2D eigenvalue weighted by Gasteiger charge is 2.10. The van der Waals surface area contributed by atoms with Gasteiger partial charge in [-0.1, -0.05) is 60.7 Å².